The van der Waals surface area contributed by atoms with Crippen molar-refractivity contribution in [1.82, 2.24) is 19.8 Å². The molecule has 1 aromatic carbocycles. The Hall–Kier alpha value is -3.16. The number of ether oxygens (including phenoxy) is 1. The molecule has 1 atom stereocenters. The summed E-state index contributed by atoms with van der Waals surface area (Å²) in [6, 6.07) is 4.52. The van der Waals surface area contributed by atoms with Gasteiger partial charge in [-0.25, -0.2) is 9.97 Å². The van der Waals surface area contributed by atoms with Gasteiger partial charge in [-0.15, -0.1) is 0 Å². The maximum absolute atomic E-state index is 12.1. The molecule has 3 saturated heterocycles. The number of carbonyl (C=O) groups is 1. The number of aryl methyl sites for hydroxylation is 1. The van der Waals surface area contributed by atoms with Gasteiger partial charge < -0.3 is 19.9 Å². The highest BCUT2D eigenvalue weighted by atomic mass is 32.2. The van der Waals surface area contributed by atoms with Crippen molar-refractivity contribution in [3.05, 3.63) is 35.2 Å². The number of rotatable bonds is 3. The Balaban J connectivity index is 1.18. The second-order valence-corrected chi connectivity index (χ2v) is 13.4. The van der Waals surface area contributed by atoms with Crippen LogP contribution in [-0.2, 0) is 15.6 Å². The van der Waals surface area contributed by atoms with Crippen molar-refractivity contribution >= 4 is 34.0 Å². The van der Waals surface area contributed by atoms with Crippen molar-refractivity contribution in [2.45, 2.75) is 58.1 Å². The maximum Gasteiger partial charge on any atom is 0.298 e. The van der Waals surface area contributed by atoms with Crippen molar-refractivity contribution < 1.29 is 13.7 Å². The van der Waals surface area contributed by atoms with E-state index in [1.165, 1.54) is 5.56 Å². The molecule has 1 aromatic heterocycles. The fraction of sp³-hybridized carbons (Fsp3) is 0.567. The van der Waals surface area contributed by atoms with Gasteiger partial charge in [0.1, 0.15) is 29.8 Å². The summed E-state index contributed by atoms with van der Waals surface area (Å²) in [5, 5.41) is 3.60. The van der Waals surface area contributed by atoms with E-state index in [1.54, 1.807) is 13.3 Å². The number of amides is 1. The first-order valence-corrected chi connectivity index (χ1v) is 15.7. The highest BCUT2D eigenvalue weighted by Crippen LogP contribution is 2.45. The number of piperidine rings is 1. The van der Waals surface area contributed by atoms with E-state index in [9.17, 15) is 9.00 Å². The minimum atomic E-state index is -0.754. The summed E-state index contributed by atoms with van der Waals surface area (Å²) in [5.41, 5.74) is 4.37. The third-order valence-electron chi connectivity index (χ3n) is 8.90. The van der Waals surface area contributed by atoms with Crippen molar-refractivity contribution in [2.75, 3.05) is 61.0 Å². The number of hydrogen-bond donors (Lipinski definition) is 1. The van der Waals surface area contributed by atoms with Crippen LogP contribution in [0.15, 0.2) is 18.5 Å². The lowest BCUT2D eigenvalue weighted by atomic mass is 9.83. The van der Waals surface area contributed by atoms with E-state index in [2.05, 4.69) is 69.8 Å². The Morgan fingerprint density at radius 1 is 1.15 bits per heavy atom. The molecule has 40 heavy (non-hydrogen) atoms. The lowest BCUT2D eigenvalue weighted by Gasteiger charge is -2.55. The minimum Gasteiger partial charge on any atom is -0.483 e. The van der Waals surface area contributed by atoms with E-state index < -0.39 is 10.8 Å². The molecule has 0 spiro atoms. The predicted molar refractivity (Wildman–Crippen MR) is 158 cm³/mol. The summed E-state index contributed by atoms with van der Waals surface area (Å²) >= 11 is 0. The first-order chi connectivity index (χ1) is 19.3. The van der Waals surface area contributed by atoms with Crippen LogP contribution in [0, 0.1) is 18.8 Å². The number of aromatic nitrogens is 2. The molecule has 6 rings (SSSR count). The summed E-state index contributed by atoms with van der Waals surface area (Å²) < 4.78 is 18.5. The van der Waals surface area contributed by atoms with Crippen LogP contribution in [0.3, 0.4) is 0 Å². The first kappa shape index (κ1) is 27.0. The minimum absolute atomic E-state index is 0.0375. The van der Waals surface area contributed by atoms with Gasteiger partial charge in [-0.05, 0) is 82.7 Å². The Bertz CT molecular complexity index is 1390. The van der Waals surface area contributed by atoms with Crippen LogP contribution < -0.4 is 15.0 Å². The molecule has 1 amide bonds. The molecular weight excluding hydrogens is 524 g/mol. The SMILES string of the molecule is CC#CC(=O)N1CC(C)(N2CCC(c3cc(C)c4c(c3)Nc3ncnc(N5CCS(=O)CC5)c3C(C)O4)CC2)C1. The predicted octanol–water partition coefficient (Wildman–Crippen LogP) is 3.35. The molecular formula is C30H38N6O3S. The molecule has 2 aromatic rings. The topological polar surface area (TPSA) is 90.9 Å². The van der Waals surface area contributed by atoms with E-state index in [0.29, 0.717) is 17.4 Å². The molecule has 212 valence electrons. The summed E-state index contributed by atoms with van der Waals surface area (Å²) in [7, 11) is -0.754. The zero-order valence-corrected chi connectivity index (χ0v) is 24.6. The molecule has 4 aliphatic heterocycles. The number of anilines is 3. The molecule has 1 N–H and O–H groups in total. The smallest absolute Gasteiger partial charge is 0.298 e. The molecule has 1 unspecified atom stereocenters. The molecule has 0 aliphatic carbocycles. The normalized spacial score (nSPS) is 22.9. The van der Waals surface area contributed by atoms with E-state index in [4.69, 9.17) is 4.74 Å². The highest BCUT2D eigenvalue weighted by Gasteiger charge is 2.46. The van der Waals surface area contributed by atoms with Crippen LogP contribution in [0.1, 0.15) is 62.3 Å². The standard InChI is InChI=1S/C30H38N6O3S/c1-5-6-25(37)35-17-30(4,18-35)36-9-7-22(8-10-36)23-15-20(2)27-24(16-23)33-28-26(21(3)39-27)29(32-19-31-28)34-11-13-40(38)14-12-34/h15-16,19,21-22H,7-14,17-18H2,1-4H3,(H,31,32,33). The first-order valence-electron chi connectivity index (χ1n) is 14.3. The van der Waals surface area contributed by atoms with E-state index >= 15 is 0 Å². The van der Waals surface area contributed by atoms with Gasteiger partial charge >= 0.3 is 0 Å². The lowest BCUT2D eigenvalue weighted by Crippen LogP contribution is -2.70. The molecule has 4 aliphatic rings. The van der Waals surface area contributed by atoms with Crippen molar-refractivity contribution in [2.24, 2.45) is 0 Å². The number of benzene rings is 1. The van der Waals surface area contributed by atoms with Crippen LogP contribution in [0.4, 0.5) is 17.3 Å². The van der Waals surface area contributed by atoms with Crippen molar-refractivity contribution in [3.8, 4) is 17.6 Å². The monoisotopic (exact) mass is 562 g/mol. The summed E-state index contributed by atoms with van der Waals surface area (Å²) in [6.07, 6.45) is 3.54. The molecule has 9 nitrogen and oxygen atoms in total. The third-order valence-corrected chi connectivity index (χ3v) is 10.2. The van der Waals surface area contributed by atoms with Gasteiger partial charge in [-0.2, -0.15) is 0 Å². The van der Waals surface area contributed by atoms with Gasteiger partial charge in [-0.3, -0.25) is 13.9 Å². The average Bonchev–Trinajstić information content (AvgIpc) is 3.08. The van der Waals surface area contributed by atoms with E-state index in [0.717, 1.165) is 86.3 Å². The number of likely N-dealkylation sites (tertiary alicyclic amines) is 2. The number of hydrogen-bond acceptors (Lipinski definition) is 8. The van der Waals surface area contributed by atoms with Crippen LogP contribution in [-0.4, -0.2) is 86.2 Å². The molecule has 5 heterocycles. The Labute approximate surface area is 239 Å². The van der Waals surface area contributed by atoms with E-state index in [1.807, 2.05) is 4.90 Å². The number of nitrogens with one attached hydrogen (secondary N) is 1. The molecule has 10 heteroatoms. The Kier molecular flexibility index (Phi) is 7.21. The van der Waals surface area contributed by atoms with Gasteiger partial charge in [0, 0.05) is 48.5 Å². The average molecular weight is 563 g/mol. The van der Waals surface area contributed by atoms with Gasteiger partial charge in [0.15, 0.2) is 0 Å². The van der Waals surface area contributed by atoms with Gasteiger partial charge in [0.05, 0.1) is 16.8 Å². The fourth-order valence-corrected chi connectivity index (χ4v) is 7.72. The maximum atomic E-state index is 12.1. The lowest BCUT2D eigenvalue weighted by molar-refractivity contribution is -0.139. The van der Waals surface area contributed by atoms with Gasteiger partial charge in [-0.1, -0.05) is 12.0 Å². The fourth-order valence-electron chi connectivity index (χ4n) is 6.67. The van der Waals surface area contributed by atoms with Gasteiger partial charge in [0.25, 0.3) is 5.91 Å². The quantitative estimate of drug-likeness (QED) is 0.570. The summed E-state index contributed by atoms with van der Waals surface area (Å²) in [6.45, 7) is 13.1. The van der Waals surface area contributed by atoms with Crippen LogP contribution in [0.2, 0.25) is 0 Å². The second-order valence-electron chi connectivity index (χ2n) is 11.7. The van der Waals surface area contributed by atoms with Crippen molar-refractivity contribution in [1.29, 1.82) is 0 Å². The second kappa shape index (κ2) is 10.7. The van der Waals surface area contributed by atoms with Gasteiger partial charge in [0.2, 0.25) is 0 Å². The number of fused-ring (bicyclic) bond motifs is 2. The summed E-state index contributed by atoms with van der Waals surface area (Å²) in [5.74, 6) is 9.60. The Morgan fingerprint density at radius 3 is 2.58 bits per heavy atom. The summed E-state index contributed by atoms with van der Waals surface area (Å²) in [4.78, 5) is 28.0. The van der Waals surface area contributed by atoms with Crippen molar-refractivity contribution in [3.63, 3.8) is 0 Å². The van der Waals surface area contributed by atoms with Crippen LogP contribution >= 0.6 is 0 Å². The molecule has 0 bridgehead atoms. The van der Waals surface area contributed by atoms with Crippen LogP contribution in [0.5, 0.6) is 5.75 Å². The highest BCUT2D eigenvalue weighted by molar-refractivity contribution is 7.85. The zero-order valence-electron chi connectivity index (χ0n) is 23.8. The van der Waals surface area contributed by atoms with Crippen LogP contribution in [0.25, 0.3) is 0 Å². The Morgan fingerprint density at radius 2 is 1.88 bits per heavy atom. The number of carbonyl (C=O) groups excluding carboxylic acids is 1. The zero-order chi connectivity index (χ0) is 28.0. The molecule has 0 saturated carbocycles. The molecule has 3 fully saturated rings. The molecule has 0 radical (unpaired) electrons. The largest absolute Gasteiger partial charge is 0.483 e. The van der Waals surface area contributed by atoms with E-state index in [-0.39, 0.29) is 17.6 Å². The number of nitrogens with zero attached hydrogens (tertiary/aromatic N) is 5. The third kappa shape index (κ3) is 4.94.